The Bertz CT molecular complexity index is 1420. The second kappa shape index (κ2) is 11.6. The molecule has 1 saturated carbocycles. The van der Waals surface area contributed by atoms with Crippen molar-refractivity contribution in [3.05, 3.63) is 52.5 Å². The Morgan fingerprint density at radius 2 is 2.05 bits per heavy atom. The van der Waals surface area contributed by atoms with Crippen molar-refractivity contribution in [1.29, 1.82) is 5.26 Å². The van der Waals surface area contributed by atoms with Gasteiger partial charge < -0.3 is 15.8 Å². The van der Waals surface area contributed by atoms with Crippen molar-refractivity contribution in [3.63, 3.8) is 0 Å². The van der Waals surface area contributed by atoms with Gasteiger partial charge in [0.25, 0.3) is 0 Å². The first-order valence-electron chi connectivity index (χ1n) is 13.6. The molecule has 2 aromatic rings. The summed E-state index contributed by atoms with van der Waals surface area (Å²) in [5.74, 6) is 0.505. The number of thioether (sulfide) groups is 1. The number of rotatable bonds is 7. The molecule has 1 unspecified atom stereocenters. The minimum Gasteiger partial charge on any atom is -0.497 e. The highest BCUT2D eigenvalue weighted by Crippen LogP contribution is 2.51. The minimum atomic E-state index is -0.597. The van der Waals surface area contributed by atoms with Crippen LogP contribution in [0.4, 0.5) is 5.13 Å². The minimum absolute atomic E-state index is 0.0106. The average molecular weight is 579 g/mol. The zero-order valence-corrected chi connectivity index (χ0v) is 24.7. The highest BCUT2D eigenvalue weighted by Gasteiger charge is 2.45. The number of Topliss-reactive ketones (excluding diaryl/α,β-unsaturated/α-hetero) is 1. The lowest BCUT2D eigenvalue weighted by atomic mass is 9.68. The van der Waals surface area contributed by atoms with E-state index in [2.05, 4.69) is 35.4 Å². The van der Waals surface area contributed by atoms with E-state index in [4.69, 9.17) is 10.5 Å². The zero-order chi connectivity index (χ0) is 28.4. The van der Waals surface area contributed by atoms with Crippen molar-refractivity contribution in [2.24, 2.45) is 11.1 Å². The summed E-state index contributed by atoms with van der Waals surface area (Å²) in [7, 11) is 1.58. The van der Waals surface area contributed by atoms with Crippen LogP contribution in [0, 0.1) is 16.7 Å². The van der Waals surface area contributed by atoms with E-state index in [0.717, 1.165) is 36.9 Å². The molecule has 1 aromatic heterocycles. The van der Waals surface area contributed by atoms with Gasteiger partial charge in [0, 0.05) is 23.7 Å². The summed E-state index contributed by atoms with van der Waals surface area (Å²) in [5, 5.41) is 22.6. The van der Waals surface area contributed by atoms with Crippen LogP contribution in [0.3, 0.4) is 0 Å². The van der Waals surface area contributed by atoms with Gasteiger partial charge in [0.15, 0.2) is 10.1 Å². The van der Waals surface area contributed by atoms with Gasteiger partial charge in [-0.1, -0.05) is 68.3 Å². The van der Waals surface area contributed by atoms with Crippen molar-refractivity contribution in [2.75, 3.05) is 17.8 Å². The molecule has 40 heavy (non-hydrogen) atoms. The molecule has 3 aliphatic rings. The summed E-state index contributed by atoms with van der Waals surface area (Å²) in [5.41, 5.74) is 8.79. The van der Waals surface area contributed by atoms with Gasteiger partial charge in [-0.15, -0.1) is 10.2 Å². The van der Waals surface area contributed by atoms with E-state index in [1.807, 2.05) is 24.3 Å². The molecule has 2 aliphatic carbocycles. The molecule has 0 radical (unpaired) electrons. The number of ketones is 1. The lowest BCUT2D eigenvalue weighted by Gasteiger charge is -2.42. The fourth-order valence-corrected chi connectivity index (χ4v) is 7.57. The Balaban J connectivity index is 1.46. The maximum absolute atomic E-state index is 13.7. The quantitative estimate of drug-likeness (QED) is 0.434. The number of hydrogen-bond donors (Lipinski definition) is 2. The second-order valence-corrected chi connectivity index (χ2v) is 13.5. The Kier molecular flexibility index (Phi) is 8.19. The van der Waals surface area contributed by atoms with Crippen LogP contribution in [0.15, 0.2) is 51.3 Å². The van der Waals surface area contributed by atoms with Crippen molar-refractivity contribution < 1.29 is 14.3 Å². The van der Waals surface area contributed by atoms with Crippen LogP contribution in [0.1, 0.15) is 70.3 Å². The largest absolute Gasteiger partial charge is 0.497 e. The maximum Gasteiger partial charge on any atom is 0.230 e. The number of nitriles is 1. The molecular weight excluding hydrogens is 544 g/mol. The zero-order valence-electron chi connectivity index (χ0n) is 23.0. The fraction of sp³-hybridized carbons (Fsp3) is 0.483. The van der Waals surface area contributed by atoms with E-state index in [1.165, 1.54) is 29.5 Å². The summed E-state index contributed by atoms with van der Waals surface area (Å²) >= 11 is 2.63. The first-order valence-corrected chi connectivity index (χ1v) is 15.4. The molecule has 1 fully saturated rings. The number of amides is 1. The number of aromatic nitrogens is 2. The maximum atomic E-state index is 13.7. The van der Waals surface area contributed by atoms with Gasteiger partial charge in [-0.3, -0.25) is 14.5 Å². The molecule has 1 atom stereocenters. The van der Waals surface area contributed by atoms with E-state index in [1.54, 1.807) is 12.0 Å². The van der Waals surface area contributed by atoms with Crippen molar-refractivity contribution in [2.45, 2.75) is 75.1 Å². The summed E-state index contributed by atoms with van der Waals surface area (Å²) < 4.78 is 6.05. The number of ether oxygens (including phenoxy) is 1. The van der Waals surface area contributed by atoms with E-state index in [9.17, 15) is 14.9 Å². The van der Waals surface area contributed by atoms with Crippen LogP contribution in [0.25, 0.3) is 0 Å². The number of carbonyl (C=O) groups excluding carboxylic acids is 2. The summed E-state index contributed by atoms with van der Waals surface area (Å²) in [6, 6.07) is 9.95. The monoisotopic (exact) mass is 578 g/mol. The molecule has 1 aromatic carbocycles. The molecule has 1 aliphatic heterocycles. The van der Waals surface area contributed by atoms with Crippen LogP contribution >= 0.6 is 23.1 Å². The van der Waals surface area contributed by atoms with Crippen LogP contribution in [-0.4, -0.2) is 40.8 Å². The number of methoxy groups -OCH3 is 1. The smallest absolute Gasteiger partial charge is 0.230 e. The summed E-state index contributed by atoms with van der Waals surface area (Å²) in [4.78, 5) is 28.0. The third kappa shape index (κ3) is 5.74. The Labute approximate surface area is 242 Å². The number of carbonyl (C=O) groups is 2. The third-order valence-corrected chi connectivity index (χ3v) is 9.73. The molecule has 5 rings (SSSR count). The topological polar surface area (TPSA) is 134 Å². The first-order chi connectivity index (χ1) is 19.2. The SMILES string of the molecule is COc1cccc(C2C(C#N)=C(N)N(c3nnc(SCC(=O)NC4CCCCC4)s3)C3=C2C(=O)CC(C)(C)C3)c1. The van der Waals surface area contributed by atoms with Gasteiger partial charge in [-0.05, 0) is 42.4 Å². The van der Waals surface area contributed by atoms with E-state index in [-0.39, 0.29) is 40.3 Å². The highest BCUT2D eigenvalue weighted by molar-refractivity contribution is 8.01. The molecule has 0 bridgehead atoms. The first kappa shape index (κ1) is 28.2. The van der Waals surface area contributed by atoms with E-state index < -0.39 is 5.92 Å². The van der Waals surface area contributed by atoms with Crippen LogP contribution < -0.4 is 20.7 Å². The Morgan fingerprint density at radius 1 is 1.27 bits per heavy atom. The molecule has 11 heteroatoms. The molecule has 0 spiro atoms. The van der Waals surface area contributed by atoms with Crippen molar-refractivity contribution in [3.8, 4) is 11.8 Å². The van der Waals surface area contributed by atoms with Gasteiger partial charge in [0.05, 0.1) is 30.4 Å². The van der Waals surface area contributed by atoms with Crippen LogP contribution in [0.2, 0.25) is 0 Å². The lowest BCUT2D eigenvalue weighted by Crippen LogP contribution is -2.42. The predicted molar refractivity (Wildman–Crippen MR) is 156 cm³/mol. The number of nitrogens with zero attached hydrogens (tertiary/aromatic N) is 4. The van der Waals surface area contributed by atoms with Gasteiger partial charge >= 0.3 is 0 Å². The molecule has 3 N–H and O–H groups in total. The van der Waals surface area contributed by atoms with E-state index >= 15 is 0 Å². The van der Waals surface area contributed by atoms with Gasteiger partial charge in [-0.2, -0.15) is 5.26 Å². The molecule has 0 saturated heterocycles. The highest BCUT2D eigenvalue weighted by atomic mass is 32.2. The third-order valence-electron chi connectivity index (χ3n) is 7.69. The Hall–Kier alpha value is -3.36. The number of allylic oxidation sites excluding steroid dienone is 3. The normalized spacial score (nSPS) is 21.2. The number of benzene rings is 1. The van der Waals surface area contributed by atoms with Crippen LogP contribution in [0.5, 0.6) is 5.75 Å². The predicted octanol–water partition coefficient (Wildman–Crippen LogP) is 5.03. The lowest BCUT2D eigenvalue weighted by molar-refractivity contribution is -0.119. The number of nitrogens with one attached hydrogen (secondary N) is 1. The molecular formula is C29H34N6O3S2. The van der Waals surface area contributed by atoms with Crippen LogP contribution in [-0.2, 0) is 9.59 Å². The van der Waals surface area contributed by atoms with Gasteiger partial charge in [-0.25, -0.2) is 0 Å². The average Bonchev–Trinajstić information content (AvgIpc) is 3.39. The number of anilines is 1. The molecule has 2 heterocycles. The van der Waals surface area contributed by atoms with Gasteiger partial charge in [0.1, 0.15) is 11.6 Å². The molecule has 9 nitrogen and oxygen atoms in total. The number of hydrogen-bond acceptors (Lipinski definition) is 10. The Morgan fingerprint density at radius 3 is 2.77 bits per heavy atom. The summed E-state index contributed by atoms with van der Waals surface area (Å²) in [6.45, 7) is 4.11. The summed E-state index contributed by atoms with van der Waals surface area (Å²) in [6.07, 6.45) is 6.56. The molecule has 1 amide bonds. The van der Waals surface area contributed by atoms with E-state index in [0.29, 0.717) is 33.6 Å². The fourth-order valence-electron chi connectivity index (χ4n) is 5.88. The van der Waals surface area contributed by atoms with Crippen molar-refractivity contribution in [1.82, 2.24) is 15.5 Å². The second-order valence-electron chi connectivity index (χ2n) is 11.3. The molecule has 210 valence electrons. The standard InChI is InChI=1S/C29H34N6O3S2/c1-29(2)13-21-25(22(36)14-29)24(17-8-7-11-19(12-17)38-3)20(15-30)26(31)35(21)27-33-34-28(40-27)39-16-23(37)32-18-9-5-4-6-10-18/h7-8,11-12,18,24H,4-6,9-10,13-14,16,31H2,1-3H3,(H,32,37). The van der Waals surface area contributed by atoms with Crippen molar-refractivity contribution >= 4 is 39.9 Å². The van der Waals surface area contributed by atoms with Gasteiger partial charge in [0.2, 0.25) is 11.0 Å². The number of nitrogens with two attached hydrogens (primary N) is 1.